The fourth-order valence-electron chi connectivity index (χ4n) is 3.11. The molecule has 2 rings (SSSR count). The second kappa shape index (κ2) is 10.4. The van der Waals surface area contributed by atoms with E-state index in [0.717, 1.165) is 0 Å². The van der Waals surface area contributed by atoms with Gasteiger partial charge in [-0.25, -0.2) is 9.13 Å². The summed E-state index contributed by atoms with van der Waals surface area (Å²) in [5.74, 6) is 0. The average Bonchev–Trinajstić information content (AvgIpc) is 2.64. The van der Waals surface area contributed by atoms with Gasteiger partial charge in [0.25, 0.3) is 0 Å². The minimum atomic E-state index is -5.40. The van der Waals surface area contributed by atoms with Crippen molar-refractivity contribution in [3.8, 4) is 0 Å². The van der Waals surface area contributed by atoms with Crippen LogP contribution < -0.4 is 0 Å². The topological polar surface area (TPSA) is 283 Å². The lowest BCUT2D eigenvalue weighted by Gasteiger charge is -2.46. The van der Waals surface area contributed by atoms with Crippen LogP contribution in [0.4, 0.5) is 0 Å². The number of phosphoric acid groups is 2. The van der Waals surface area contributed by atoms with Gasteiger partial charge in [0.15, 0.2) is 12.6 Å². The van der Waals surface area contributed by atoms with Crippen molar-refractivity contribution in [2.75, 3.05) is 13.2 Å². The average molecular weight is 502 g/mol. The van der Waals surface area contributed by atoms with E-state index in [1.54, 1.807) is 0 Å². The van der Waals surface area contributed by atoms with E-state index in [9.17, 15) is 39.8 Å². The summed E-state index contributed by atoms with van der Waals surface area (Å²) in [6, 6.07) is 0. The number of rotatable bonds is 8. The number of ether oxygens (including phenoxy) is 3. The molecular formula is C12H24O17P2. The normalized spacial score (nSPS) is 42.5. The summed E-state index contributed by atoms with van der Waals surface area (Å²) in [6.07, 6.45) is -19.2. The van der Waals surface area contributed by atoms with E-state index in [1.165, 1.54) is 0 Å². The summed E-state index contributed by atoms with van der Waals surface area (Å²) >= 11 is 0. The predicted molar refractivity (Wildman–Crippen MR) is 90.4 cm³/mol. The Balaban J connectivity index is 2.32. The first-order chi connectivity index (χ1) is 14.2. The summed E-state index contributed by atoms with van der Waals surface area (Å²) in [6.45, 7) is -1.92. The fraction of sp³-hybridized carbons (Fsp3) is 1.00. The molecule has 10 N–H and O–H groups in total. The summed E-state index contributed by atoms with van der Waals surface area (Å²) in [5, 5.41) is 58.6. The lowest BCUT2D eigenvalue weighted by molar-refractivity contribution is -0.353. The molecule has 0 aromatic heterocycles. The maximum absolute atomic E-state index is 11.3. The summed E-state index contributed by atoms with van der Waals surface area (Å²) < 4.78 is 46.5. The van der Waals surface area contributed by atoms with Gasteiger partial charge in [-0.1, -0.05) is 0 Å². The van der Waals surface area contributed by atoms with Gasteiger partial charge >= 0.3 is 15.6 Å². The van der Waals surface area contributed by atoms with E-state index in [-0.39, 0.29) is 0 Å². The maximum atomic E-state index is 11.3. The molecule has 1 unspecified atom stereocenters. The molecule has 0 aromatic carbocycles. The maximum Gasteiger partial charge on any atom is 0.470 e. The number of aliphatic hydroxyl groups excluding tert-OH is 6. The van der Waals surface area contributed by atoms with Crippen LogP contribution in [0.25, 0.3) is 0 Å². The molecule has 17 nitrogen and oxygen atoms in total. The zero-order chi connectivity index (χ0) is 23.7. The first kappa shape index (κ1) is 27.1. The summed E-state index contributed by atoms with van der Waals surface area (Å²) in [5.41, 5.74) is 0. The first-order valence-electron chi connectivity index (χ1n) is 8.56. The molecule has 2 aliphatic heterocycles. The van der Waals surface area contributed by atoms with Crippen molar-refractivity contribution >= 4 is 15.6 Å². The molecule has 2 saturated heterocycles. The van der Waals surface area contributed by atoms with Crippen molar-refractivity contribution in [3.63, 3.8) is 0 Å². The zero-order valence-corrected chi connectivity index (χ0v) is 17.2. The zero-order valence-electron chi connectivity index (χ0n) is 15.4. The van der Waals surface area contributed by atoms with Gasteiger partial charge in [-0.15, -0.1) is 0 Å². The van der Waals surface area contributed by atoms with Crippen LogP contribution in [0.2, 0.25) is 0 Å². The van der Waals surface area contributed by atoms with Crippen molar-refractivity contribution in [2.24, 2.45) is 0 Å². The highest BCUT2D eigenvalue weighted by atomic mass is 31.2. The molecule has 0 saturated carbocycles. The second-order valence-corrected chi connectivity index (χ2v) is 9.05. The van der Waals surface area contributed by atoms with Crippen molar-refractivity contribution in [1.29, 1.82) is 0 Å². The van der Waals surface area contributed by atoms with E-state index in [4.69, 9.17) is 33.8 Å². The molecule has 10 atom stereocenters. The van der Waals surface area contributed by atoms with Crippen LogP contribution in [0.3, 0.4) is 0 Å². The highest BCUT2D eigenvalue weighted by molar-refractivity contribution is 7.46. The van der Waals surface area contributed by atoms with Gasteiger partial charge in [-0.2, -0.15) is 0 Å². The molecular weight excluding hydrogens is 478 g/mol. The van der Waals surface area contributed by atoms with Gasteiger partial charge in [-0.3, -0.25) is 9.05 Å². The van der Waals surface area contributed by atoms with E-state index < -0.39 is 90.3 Å². The third-order valence-corrected chi connectivity index (χ3v) is 5.48. The Morgan fingerprint density at radius 3 is 1.65 bits per heavy atom. The van der Waals surface area contributed by atoms with Crippen LogP contribution in [-0.4, -0.2) is 125 Å². The predicted octanol–water partition coefficient (Wildman–Crippen LogP) is -5.16. The molecule has 31 heavy (non-hydrogen) atoms. The third kappa shape index (κ3) is 6.92. The van der Waals surface area contributed by atoms with Crippen LogP contribution in [-0.2, 0) is 32.4 Å². The Morgan fingerprint density at radius 1 is 0.677 bits per heavy atom. The number of aliphatic hydroxyl groups is 6. The Morgan fingerprint density at radius 2 is 1.16 bits per heavy atom. The monoisotopic (exact) mass is 502 g/mol. The highest BCUT2D eigenvalue weighted by Crippen LogP contribution is 2.47. The first-order valence-corrected chi connectivity index (χ1v) is 11.6. The Hall–Kier alpha value is -0.140. The molecule has 0 aliphatic carbocycles. The molecule has 0 aromatic rings. The van der Waals surface area contributed by atoms with Gasteiger partial charge in [0.05, 0.1) is 13.2 Å². The molecule has 0 radical (unpaired) electrons. The number of phosphoric ester groups is 2. The van der Waals surface area contributed by atoms with Crippen LogP contribution in [0, 0.1) is 0 Å². The summed E-state index contributed by atoms with van der Waals surface area (Å²) in [4.78, 5) is 36.2. The van der Waals surface area contributed by atoms with Crippen LogP contribution in [0.15, 0.2) is 0 Å². The van der Waals surface area contributed by atoms with E-state index in [1.807, 2.05) is 0 Å². The van der Waals surface area contributed by atoms with Crippen LogP contribution in [0.5, 0.6) is 0 Å². The Labute approximate surface area is 173 Å². The summed E-state index contributed by atoms with van der Waals surface area (Å²) in [7, 11) is -10.7. The second-order valence-electron chi connectivity index (χ2n) is 6.67. The molecule has 19 heteroatoms. The van der Waals surface area contributed by atoms with Crippen LogP contribution in [0.1, 0.15) is 0 Å². The number of hydrogen-bond acceptors (Lipinski definition) is 13. The van der Waals surface area contributed by atoms with Crippen molar-refractivity contribution in [2.45, 2.75) is 61.4 Å². The van der Waals surface area contributed by atoms with Crippen LogP contribution >= 0.6 is 15.6 Å². The molecule has 0 amide bonds. The van der Waals surface area contributed by atoms with Gasteiger partial charge < -0.3 is 64.4 Å². The van der Waals surface area contributed by atoms with E-state index in [0.29, 0.717) is 0 Å². The molecule has 2 fully saturated rings. The minimum absolute atomic E-state index is 0.857. The Kier molecular flexibility index (Phi) is 9.11. The quantitative estimate of drug-likeness (QED) is 0.139. The SMILES string of the molecule is O=P(O)(O)O[C@@H]1[C@@H](O)[C@H](O[C@H]2[C@H](O)[C@@H](O)C(O)O[C@@H]2CO)O[C@H](CO)[C@@H]1OP(=O)(O)O. The standard InChI is InChI=1S/C12H24O17P2/c13-1-3-8(5(15)6(16)11(18)25-3)27-12-7(17)10(29-31(22,23)24)9(4(2-14)26-12)28-30(19,20)21/h3-18H,1-2H2,(H2,19,20,21)(H2,22,23,24)/t3-,4-,5-,6-,7-,8-,9+,10-,11?,12+/m1/s1. The largest absolute Gasteiger partial charge is 0.470 e. The van der Waals surface area contributed by atoms with E-state index >= 15 is 0 Å². The lowest BCUT2D eigenvalue weighted by Crippen LogP contribution is -2.65. The van der Waals surface area contributed by atoms with Crippen molar-refractivity contribution < 1.29 is 82.6 Å². The van der Waals surface area contributed by atoms with E-state index in [2.05, 4.69) is 9.05 Å². The van der Waals surface area contributed by atoms with Gasteiger partial charge in [0.1, 0.15) is 48.8 Å². The van der Waals surface area contributed by atoms with Gasteiger partial charge in [0, 0.05) is 0 Å². The third-order valence-electron chi connectivity index (χ3n) is 4.44. The minimum Gasteiger partial charge on any atom is -0.394 e. The fourth-order valence-corrected chi connectivity index (χ4v) is 4.24. The van der Waals surface area contributed by atoms with Gasteiger partial charge in [-0.05, 0) is 0 Å². The molecule has 0 bridgehead atoms. The molecule has 2 heterocycles. The van der Waals surface area contributed by atoms with Crippen molar-refractivity contribution in [1.82, 2.24) is 0 Å². The lowest BCUT2D eigenvalue weighted by atomic mass is 9.97. The van der Waals surface area contributed by atoms with Gasteiger partial charge in [0.2, 0.25) is 0 Å². The molecule has 0 spiro atoms. The highest BCUT2D eigenvalue weighted by Gasteiger charge is 2.54. The van der Waals surface area contributed by atoms with Crippen molar-refractivity contribution in [3.05, 3.63) is 0 Å². The smallest absolute Gasteiger partial charge is 0.394 e. The Bertz CT molecular complexity index is 678. The molecule has 2 aliphatic rings. The number of hydrogen-bond donors (Lipinski definition) is 10. The molecule has 184 valence electrons.